The van der Waals surface area contributed by atoms with E-state index in [1.54, 1.807) is 0 Å². The van der Waals surface area contributed by atoms with Crippen molar-refractivity contribution in [2.24, 2.45) is 23.2 Å². The maximum Gasteiger partial charge on any atom is 0.234 e. The lowest BCUT2D eigenvalue weighted by atomic mass is 9.48. The number of nitrogens with one attached hydrogen (secondary N) is 2. The van der Waals surface area contributed by atoms with Crippen molar-refractivity contribution in [2.45, 2.75) is 64.8 Å². The minimum absolute atomic E-state index is 0.182. The van der Waals surface area contributed by atoms with Crippen molar-refractivity contribution >= 4 is 5.91 Å². The summed E-state index contributed by atoms with van der Waals surface area (Å²) in [6.07, 6.45) is 9.58. The Morgan fingerprint density at radius 3 is 2.20 bits per heavy atom. The molecule has 0 aromatic carbocycles. The lowest BCUT2D eigenvalue weighted by Crippen LogP contribution is -2.56. The van der Waals surface area contributed by atoms with E-state index in [-0.39, 0.29) is 5.91 Å². The molecule has 0 radical (unpaired) electrons. The van der Waals surface area contributed by atoms with Gasteiger partial charge in [-0.25, -0.2) is 0 Å². The van der Waals surface area contributed by atoms with E-state index < -0.39 is 0 Å². The van der Waals surface area contributed by atoms with Gasteiger partial charge in [0, 0.05) is 6.04 Å². The minimum Gasteiger partial charge on any atom is -0.352 e. The predicted octanol–water partition coefficient (Wildman–Crippen LogP) is 2.71. The Balaban J connectivity index is 1.56. The Hall–Kier alpha value is -0.570. The van der Waals surface area contributed by atoms with E-state index in [1.807, 2.05) is 0 Å². The Labute approximate surface area is 123 Å². The molecule has 1 amide bonds. The van der Waals surface area contributed by atoms with E-state index in [4.69, 9.17) is 0 Å². The summed E-state index contributed by atoms with van der Waals surface area (Å²) in [6.45, 7) is 5.79. The summed E-state index contributed by atoms with van der Waals surface area (Å²) < 4.78 is 0. The first kappa shape index (κ1) is 14.4. The van der Waals surface area contributed by atoms with Gasteiger partial charge in [-0.3, -0.25) is 4.79 Å². The third kappa shape index (κ3) is 2.74. The van der Waals surface area contributed by atoms with E-state index in [0.29, 0.717) is 18.0 Å². The normalized spacial score (nSPS) is 39.8. The van der Waals surface area contributed by atoms with Crippen LogP contribution in [0.15, 0.2) is 0 Å². The summed E-state index contributed by atoms with van der Waals surface area (Å²) in [5.74, 6) is 3.05. The van der Waals surface area contributed by atoms with Crippen LogP contribution in [0.4, 0.5) is 0 Å². The van der Waals surface area contributed by atoms with Crippen molar-refractivity contribution in [2.75, 3.05) is 13.1 Å². The Kier molecular flexibility index (Phi) is 4.07. The molecule has 0 aliphatic heterocycles. The van der Waals surface area contributed by atoms with Crippen molar-refractivity contribution < 1.29 is 4.79 Å². The lowest BCUT2D eigenvalue weighted by molar-refractivity contribution is -0.125. The standard InChI is InChI=1S/C17H30N2O/c1-3-4-18-11-16(20)19-12(2)17-8-13-5-14(9-17)7-15(6-13)10-17/h12-15,18H,3-11H2,1-2H3,(H,19,20). The van der Waals surface area contributed by atoms with Gasteiger partial charge < -0.3 is 10.6 Å². The van der Waals surface area contributed by atoms with Gasteiger partial charge in [0.15, 0.2) is 0 Å². The average Bonchev–Trinajstić information content (AvgIpc) is 2.37. The first-order chi connectivity index (χ1) is 9.61. The van der Waals surface area contributed by atoms with Crippen molar-refractivity contribution in [3.8, 4) is 0 Å². The molecule has 4 fully saturated rings. The fraction of sp³-hybridized carbons (Fsp3) is 0.941. The number of hydrogen-bond acceptors (Lipinski definition) is 2. The Bertz CT molecular complexity index is 331. The molecule has 0 spiro atoms. The molecule has 4 aliphatic rings. The van der Waals surface area contributed by atoms with E-state index >= 15 is 0 Å². The zero-order chi connectivity index (χ0) is 14.2. The third-order valence-corrected chi connectivity index (χ3v) is 6.09. The van der Waals surface area contributed by atoms with Crippen LogP contribution >= 0.6 is 0 Å². The zero-order valence-electron chi connectivity index (χ0n) is 13.1. The second kappa shape index (κ2) is 5.67. The summed E-state index contributed by atoms with van der Waals surface area (Å²) in [6, 6.07) is 0.354. The van der Waals surface area contributed by atoms with E-state index in [0.717, 1.165) is 30.7 Å². The van der Waals surface area contributed by atoms with Crippen LogP contribution in [0.1, 0.15) is 58.8 Å². The van der Waals surface area contributed by atoms with Crippen LogP contribution in [0, 0.1) is 23.2 Å². The second-order valence-electron chi connectivity index (χ2n) is 7.75. The van der Waals surface area contributed by atoms with E-state index in [9.17, 15) is 4.79 Å². The highest BCUT2D eigenvalue weighted by atomic mass is 16.2. The van der Waals surface area contributed by atoms with E-state index in [1.165, 1.54) is 38.5 Å². The van der Waals surface area contributed by atoms with Crippen LogP contribution < -0.4 is 10.6 Å². The molecule has 0 heterocycles. The molecule has 4 bridgehead atoms. The topological polar surface area (TPSA) is 41.1 Å². The first-order valence-electron chi connectivity index (χ1n) is 8.61. The van der Waals surface area contributed by atoms with Crippen LogP contribution in [0.2, 0.25) is 0 Å². The molecule has 3 heteroatoms. The maximum absolute atomic E-state index is 12.0. The molecule has 0 aromatic rings. The number of amides is 1. The largest absolute Gasteiger partial charge is 0.352 e. The lowest BCUT2D eigenvalue weighted by Gasteiger charge is -2.59. The number of carbonyl (C=O) groups is 1. The molecule has 114 valence electrons. The number of carbonyl (C=O) groups excluding carboxylic acids is 1. The highest BCUT2D eigenvalue weighted by molar-refractivity contribution is 5.78. The number of rotatable bonds is 6. The van der Waals surface area contributed by atoms with Crippen LogP contribution in [-0.4, -0.2) is 25.0 Å². The molecule has 4 aliphatic carbocycles. The van der Waals surface area contributed by atoms with Gasteiger partial charge >= 0.3 is 0 Å². The highest BCUT2D eigenvalue weighted by Crippen LogP contribution is 2.61. The van der Waals surface area contributed by atoms with Crippen LogP contribution in [0.3, 0.4) is 0 Å². The van der Waals surface area contributed by atoms with Crippen molar-refractivity contribution in [3.63, 3.8) is 0 Å². The van der Waals surface area contributed by atoms with Crippen molar-refractivity contribution in [1.82, 2.24) is 10.6 Å². The molecule has 20 heavy (non-hydrogen) atoms. The van der Waals surface area contributed by atoms with Gasteiger partial charge in [-0.15, -0.1) is 0 Å². The SMILES string of the molecule is CCCNCC(=O)NC(C)C12CC3CC(CC(C3)C1)C2. The summed E-state index contributed by atoms with van der Waals surface area (Å²) in [5, 5.41) is 6.50. The summed E-state index contributed by atoms with van der Waals surface area (Å²) in [5.41, 5.74) is 0.426. The van der Waals surface area contributed by atoms with Gasteiger partial charge in [0.25, 0.3) is 0 Å². The molecule has 3 nitrogen and oxygen atoms in total. The number of hydrogen-bond donors (Lipinski definition) is 2. The molecular formula is C17H30N2O. The molecule has 4 saturated carbocycles. The van der Waals surface area contributed by atoms with E-state index in [2.05, 4.69) is 24.5 Å². The predicted molar refractivity (Wildman–Crippen MR) is 81.4 cm³/mol. The quantitative estimate of drug-likeness (QED) is 0.734. The molecule has 4 rings (SSSR count). The first-order valence-corrected chi connectivity index (χ1v) is 8.61. The van der Waals surface area contributed by atoms with Crippen LogP contribution in [-0.2, 0) is 4.79 Å². The van der Waals surface area contributed by atoms with Crippen molar-refractivity contribution in [3.05, 3.63) is 0 Å². The van der Waals surface area contributed by atoms with Crippen LogP contribution in [0.5, 0.6) is 0 Å². The van der Waals surface area contributed by atoms with Gasteiger partial charge in [-0.05, 0) is 81.6 Å². The zero-order valence-corrected chi connectivity index (χ0v) is 13.1. The van der Waals surface area contributed by atoms with Crippen LogP contribution in [0.25, 0.3) is 0 Å². The molecule has 2 N–H and O–H groups in total. The minimum atomic E-state index is 0.182. The Morgan fingerprint density at radius 2 is 1.70 bits per heavy atom. The van der Waals surface area contributed by atoms with Crippen molar-refractivity contribution in [1.29, 1.82) is 0 Å². The van der Waals surface area contributed by atoms with Gasteiger partial charge in [-0.2, -0.15) is 0 Å². The maximum atomic E-state index is 12.0. The molecule has 1 atom stereocenters. The fourth-order valence-electron chi connectivity index (χ4n) is 5.53. The third-order valence-electron chi connectivity index (χ3n) is 6.09. The molecule has 0 saturated heterocycles. The molecular weight excluding hydrogens is 248 g/mol. The Morgan fingerprint density at radius 1 is 1.15 bits per heavy atom. The smallest absolute Gasteiger partial charge is 0.234 e. The summed E-state index contributed by atoms with van der Waals surface area (Å²) >= 11 is 0. The monoisotopic (exact) mass is 278 g/mol. The average molecular weight is 278 g/mol. The molecule has 1 unspecified atom stereocenters. The van der Waals surface area contributed by atoms with Gasteiger partial charge in [-0.1, -0.05) is 6.92 Å². The summed E-state index contributed by atoms with van der Waals surface area (Å²) in [7, 11) is 0. The van der Waals surface area contributed by atoms with Gasteiger partial charge in [0.1, 0.15) is 0 Å². The summed E-state index contributed by atoms with van der Waals surface area (Å²) in [4.78, 5) is 12.0. The highest BCUT2D eigenvalue weighted by Gasteiger charge is 2.53. The second-order valence-corrected chi connectivity index (χ2v) is 7.75. The molecule has 0 aromatic heterocycles. The van der Waals surface area contributed by atoms with Gasteiger partial charge in [0.05, 0.1) is 6.54 Å². The van der Waals surface area contributed by atoms with Gasteiger partial charge in [0.2, 0.25) is 5.91 Å². The fourth-order valence-corrected chi connectivity index (χ4v) is 5.53.